The summed E-state index contributed by atoms with van der Waals surface area (Å²) in [6.45, 7) is 8.52. The van der Waals surface area contributed by atoms with Crippen LogP contribution >= 0.6 is 0 Å². The van der Waals surface area contributed by atoms with Gasteiger partial charge in [-0.15, -0.1) is 0 Å². The number of carbonyl (C=O) groups is 2. The molecule has 0 unspecified atom stereocenters. The van der Waals surface area contributed by atoms with E-state index in [-0.39, 0.29) is 24.3 Å². The van der Waals surface area contributed by atoms with Gasteiger partial charge in [0.2, 0.25) is 15.9 Å². The zero-order chi connectivity index (χ0) is 24.9. The summed E-state index contributed by atoms with van der Waals surface area (Å²) in [6.07, 6.45) is 0.922. The molecule has 184 valence electrons. The number of benzene rings is 2. The fourth-order valence-corrected chi connectivity index (χ4v) is 6.22. The van der Waals surface area contributed by atoms with Crippen LogP contribution in [0, 0.1) is 26.7 Å². The number of piperidine rings is 1. The highest BCUT2D eigenvalue weighted by Crippen LogP contribution is 2.29. The molecule has 1 aliphatic rings. The smallest absolute Gasteiger partial charge is 0.257 e. The lowest BCUT2D eigenvalue weighted by Gasteiger charge is -2.31. The van der Waals surface area contributed by atoms with E-state index < -0.39 is 10.0 Å². The van der Waals surface area contributed by atoms with Crippen LogP contribution < -0.4 is 15.4 Å². The van der Waals surface area contributed by atoms with Crippen molar-refractivity contribution in [2.45, 2.75) is 45.4 Å². The minimum Gasteiger partial charge on any atom is -0.484 e. The van der Waals surface area contributed by atoms with E-state index in [4.69, 9.17) is 4.74 Å². The van der Waals surface area contributed by atoms with Crippen molar-refractivity contribution in [3.8, 4) is 5.75 Å². The summed E-state index contributed by atoms with van der Waals surface area (Å²) in [5, 5.41) is 5.55. The number of nitrogens with one attached hydrogen (secondary N) is 2. The van der Waals surface area contributed by atoms with E-state index in [1.165, 1.54) is 4.31 Å². The second kappa shape index (κ2) is 11.0. The Morgan fingerprint density at radius 1 is 1.03 bits per heavy atom. The first-order valence-electron chi connectivity index (χ1n) is 11.5. The Morgan fingerprint density at radius 2 is 1.62 bits per heavy atom. The summed E-state index contributed by atoms with van der Waals surface area (Å²) >= 11 is 0. The van der Waals surface area contributed by atoms with Gasteiger partial charge in [0.15, 0.2) is 6.61 Å². The van der Waals surface area contributed by atoms with Gasteiger partial charge in [-0.3, -0.25) is 9.59 Å². The standard InChI is InChI=1S/C25H33N3O5S/c1-5-26-23(29)16-33-22-8-6-21(7-9-22)27-25(30)20-10-12-28(13-11-20)34(31,32)24-18(3)14-17(2)15-19(24)4/h6-9,14-15,20H,5,10-13,16H2,1-4H3,(H,26,29)(H,27,30). The number of hydrogen-bond acceptors (Lipinski definition) is 5. The first-order chi connectivity index (χ1) is 16.1. The Balaban J connectivity index is 1.55. The molecule has 34 heavy (non-hydrogen) atoms. The molecule has 0 aliphatic carbocycles. The molecular weight excluding hydrogens is 454 g/mol. The van der Waals surface area contributed by atoms with Crippen LogP contribution in [0.1, 0.15) is 36.5 Å². The Kier molecular flexibility index (Phi) is 8.33. The predicted octanol–water partition coefficient (Wildman–Crippen LogP) is 3.17. The monoisotopic (exact) mass is 487 g/mol. The van der Waals surface area contributed by atoms with Gasteiger partial charge in [0.25, 0.3) is 5.91 Å². The molecule has 1 aliphatic heterocycles. The van der Waals surface area contributed by atoms with Crippen molar-refractivity contribution in [2.24, 2.45) is 5.92 Å². The molecule has 2 aromatic rings. The molecule has 3 rings (SSSR count). The summed E-state index contributed by atoms with van der Waals surface area (Å²) in [5.74, 6) is -0.0542. The maximum atomic E-state index is 13.3. The van der Waals surface area contributed by atoms with Crippen molar-refractivity contribution in [3.05, 3.63) is 53.1 Å². The van der Waals surface area contributed by atoms with Gasteiger partial charge in [-0.1, -0.05) is 17.7 Å². The lowest BCUT2D eigenvalue weighted by atomic mass is 9.97. The molecular formula is C25H33N3O5S. The number of amides is 2. The lowest BCUT2D eigenvalue weighted by molar-refractivity contribution is -0.123. The molecule has 0 radical (unpaired) electrons. The van der Waals surface area contributed by atoms with Crippen molar-refractivity contribution in [1.82, 2.24) is 9.62 Å². The molecule has 1 saturated heterocycles. The molecule has 0 aromatic heterocycles. The van der Waals surface area contributed by atoms with Crippen LogP contribution in [-0.2, 0) is 19.6 Å². The van der Waals surface area contributed by atoms with Crippen LogP contribution in [-0.4, -0.2) is 50.8 Å². The van der Waals surface area contributed by atoms with Gasteiger partial charge in [0, 0.05) is 31.2 Å². The van der Waals surface area contributed by atoms with Crippen molar-refractivity contribution in [2.75, 3.05) is 31.6 Å². The molecule has 0 bridgehead atoms. The first-order valence-corrected chi connectivity index (χ1v) is 12.9. The summed E-state index contributed by atoms with van der Waals surface area (Å²) in [5.41, 5.74) is 3.15. The third kappa shape index (κ3) is 6.15. The second-order valence-corrected chi connectivity index (χ2v) is 10.5. The molecule has 2 aromatic carbocycles. The Morgan fingerprint density at radius 3 is 2.18 bits per heavy atom. The van der Waals surface area contributed by atoms with E-state index in [9.17, 15) is 18.0 Å². The zero-order valence-corrected chi connectivity index (χ0v) is 21.0. The van der Waals surface area contributed by atoms with Gasteiger partial charge >= 0.3 is 0 Å². The molecule has 2 N–H and O–H groups in total. The Hall–Kier alpha value is -2.91. The van der Waals surface area contributed by atoms with Gasteiger partial charge in [-0.2, -0.15) is 4.31 Å². The van der Waals surface area contributed by atoms with Crippen LogP contribution in [0.5, 0.6) is 5.75 Å². The minimum atomic E-state index is -3.61. The number of ether oxygens (including phenoxy) is 1. The molecule has 0 atom stereocenters. The SMILES string of the molecule is CCNC(=O)COc1ccc(NC(=O)C2CCN(S(=O)(=O)c3c(C)cc(C)cc3C)CC2)cc1. The molecule has 8 nitrogen and oxygen atoms in total. The summed E-state index contributed by atoms with van der Waals surface area (Å²) < 4.78 is 33.4. The number of rotatable bonds is 8. The number of carbonyl (C=O) groups excluding carboxylic acids is 2. The average molecular weight is 488 g/mol. The number of likely N-dealkylation sites (N-methyl/N-ethyl adjacent to an activating group) is 1. The average Bonchev–Trinajstić information content (AvgIpc) is 2.78. The Labute approximate surface area is 201 Å². The second-order valence-electron chi connectivity index (χ2n) is 8.66. The van der Waals surface area contributed by atoms with Crippen LogP contribution in [0.2, 0.25) is 0 Å². The summed E-state index contributed by atoms with van der Waals surface area (Å²) in [7, 11) is -3.61. The number of aryl methyl sites for hydroxylation is 3. The first kappa shape index (κ1) is 25.7. The minimum absolute atomic E-state index is 0.0668. The van der Waals surface area contributed by atoms with Gasteiger partial charge in [0.05, 0.1) is 4.90 Å². The third-order valence-corrected chi connectivity index (χ3v) is 8.10. The molecule has 1 heterocycles. The highest BCUT2D eigenvalue weighted by Gasteiger charge is 2.33. The highest BCUT2D eigenvalue weighted by atomic mass is 32.2. The lowest BCUT2D eigenvalue weighted by Crippen LogP contribution is -2.41. The highest BCUT2D eigenvalue weighted by molar-refractivity contribution is 7.89. The number of hydrogen-bond donors (Lipinski definition) is 2. The van der Waals surface area contributed by atoms with E-state index in [2.05, 4.69) is 10.6 Å². The van der Waals surface area contributed by atoms with Gasteiger partial charge in [-0.25, -0.2) is 8.42 Å². The van der Waals surface area contributed by atoms with E-state index in [1.54, 1.807) is 24.3 Å². The van der Waals surface area contributed by atoms with Gasteiger partial charge < -0.3 is 15.4 Å². The third-order valence-electron chi connectivity index (χ3n) is 5.89. The number of anilines is 1. The largest absolute Gasteiger partial charge is 0.484 e. The summed E-state index contributed by atoms with van der Waals surface area (Å²) in [6, 6.07) is 10.6. The number of sulfonamides is 1. The van der Waals surface area contributed by atoms with E-state index in [0.29, 0.717) is 48.8 Å². The van der Waals surface area contributed by atoms with Crippen molar-refractivity contribution >= 4 is 27.5 Å². The molecule has 1 fully saturated rings. The van der Waals surface area contributed by atoms with Crippen molar-refractivity contribution in [1.29, 1.82) is 0 Å². The number of nitrogens with zero attached hydrogens (tertiary/aromatic N) is 1. The molecule has 0 spiro atoms. The normalized spacial score (nSPS) is 15.1. The topological polar surface area (TPSA) is 105 Å². The molecule has 0 saturated carbocycles. The fourth-order valence-electron chi connectivity index (χ4n) is 4.34. The van der Waals surface area contributed by atoms with E-state index in [0.717, 1.165) is 16.7 Å². The van der Waals surface area contributed by atoms with E-state index >= 15 is 0 Å². The molecule has 9 heteroatoms. The van der Waals surface area contributed by atoms with Crippen molar-refractivity contribution in [3.63, 3.8) is 0 Å². The molecule has 2 amide bonds. The fraction of sp³-hybridized carbons (Fsp3) is 0.440. The zero-order valence-electron chi connectivity index (χ0n) is 20.2. The maximum absolute atomic E-state index is 13.3. The predicted molar refractivity (Wildman–Crippen MR) is 131 cm³/mol. The van der Waals surface area contributed by atoms with Crippen LogP contribution in [0.4, 0.5) is 5.69 Å². The summed E-state index contributed by atoms with van der Waals surface area (Å²) in [4.78, 5) is 24.6. The van der Waals surface area contributed by atoms with Crippen LogP contribution in [0.15, 0.2) is 41.3 Å². The van der Waals surface area contributed by atoms with Crippen molar-refractivity contribution < 1.29 is 22.7 Å². The van der Waals surface area contributed by atoms with E-state index in [1.807, 2.05) is 39.8 Å². The van der Waals surface area contributed by atoms with Gasteiger partial charge in [-0.05, 0) is 75.9 Å². The van der Waals surface area contributed by atoms with Crippen LogP contribution in [0.25, 0.3) is 0 Å². The Bertz CT molecular complexity index is 1110. The van der Waals surface area contributed by atoms with Gasteiger partial charge in [0.1, 0.15) is 5.75 Å². The quantitative estimate of drug-likeness (QED) is 0.595. The van der Waals surface area contributed by atoms with Crippen LogP contribution in [0.3, 0.4) is 0 Å². The maximum Gasteiger partial charge on any atom is 0.257 e.